The molecule has 0 aliphatic heterocycles. The van der Waals surface area contributed by atoms with Crippen LogP contribution in [-0.4, -0.2) is 21.9 Å². The van der Waals surface area contributed by atoms with Gasteiger partial charge in [0, 0.05) is 0 Å². The molecule has 0 saturated carbocycles. The fraction of sp³-hybridized carbons (Fsp3) is 0.286. The average Bonchev–Trinajstić information content (AvgIpc) is 2.24. The molecule has 0 fully saturated rings. The molecule has 0 bridgehead atoms. The van der Waals surface area contributed by atoms with Crippen LogP contribution >= 0.6 is 0 Å². The molecule has 84 valence electrons. The Morgan fingerprint density at radius 1 is 1.25 bits per heavy atom. The van der Waals surface area contributed by atoms with Crippen molar-refractivity contribution in [1.29, 1.82) is 0 Å². The van der Waals surface area contributed by atoms with Gasteiger partial charge in [-0.15, -0.1) is 0 Å². The molecule has 0 aromatic heterocycles. The SMILES string of the molecule is Cc1ccccc1C1=CC=CC(O)C1(C)O. The first-order valence-electron chi connectivity index (χ1n) is 5.39. The number of allylic oxidation sites excluding steroid dienone is 2. The van der Waals surface area contributed by atoms with E-state index in [1.165, 1.54) is 0 Å². The first kappa shape index (κ1) is 11.1. The largest absolute Gasteiger partial charge is 0.386 e. The van der Waals surface area contributed by atoms with E-state index in [1.54, 1.807) is 19.1 Å². The molecule has 1 aromatic carbocycles. The highest BCUT2D eigenvalue weighted by Crippen LogP contribution is 2.34. The van der Waals surface area contributed by atoms with E-state index in [9.17, 15) is 10.2 Å². The number of hydrogen-bond donors (Lipinski definition) is 2. The predicted molar refractivity (Wildman–Crippen MR) is 64.9 cm³/mol. The van der Waals surface area contributed by atoms with Gasteiger partial charge in [-0.1, -0.05) is 42.5 Å². The summed E-state index contributed by atoms with van der Waals surface area (Å²) in [6.07, 6.45) is 4.38. The summed E-state index contributed by atoms with van der Waals surface area (Å²) in [5.74, 6) is 0. The normalized spacial score (nSPS) is 29.0. The first-order chi connectivity index (χ1) is 7.53. The van der Waals surface area contributed by atoms with Crippen LogP contribution in [0, 0.1) is 6.92 Å². The molecule has 0 spiro atoms. The molecule has 2 heteroatoms. The van der Waals surface area contributed by atoms with E-state index in [4.69, 9.17) is 0 Å². The Hall–Kier alpha value is -1.38. The number of aryl methyl sites for hydroxylation is 1. The monoisotopic (exact) mass is 216 g/mol. The van der Waals surface area contributed by atoms with E-state index in [0.29, 0.717) is 0 Å². The van der Waals surface area contributed by atoms with Crippen LogP contribution in [0.5, 0.6) is 0 Å². The second kappa shape index (κ2) is 3.89. The Bertz CT molecular complexity index is 456. The Kier molecular flexibility index (Phi) is 2.70. The van der Waals surface area contributed by atoms with Crippen LogP contribution in [0.3, 0.4) is 0 Å². The van der Waals surface area contributed by atoms with E-state index in [0.717, 1.165) is 16.7 Å². The predicted octanol–water partition coefficient (Wildman–Crippen LogP) is 2.06. The molecule has 0 heterocycles. The van der Waals surface area contributed by atoms with Gasteiger partial charge in [-0.2, -0.15) is 0 Å². The second-order valence-corrected chi connectivity index (χ2v) is 4.37. The molecule has 0 saturated heterocycles. The molecule has 2 unspecified atom stereocenters. The van der Waals surface area contributed by atoms with Gasteiger partial charge in [-0.05, 0) is 30.5 Å². The van der Waals surface area contributed by atoms with Gasteiger partial charge in [0.25, 0.3) is 0 Å². The number of benzene rings is 1. The van der Waals surface area contributed by atoms with E-state index < -0.39 is 11.7 Å². The fourth-order valence-corrected chi connectivity index (χ4v) is 2.01. The third-order valence-corrected chi connectivity index (χ3v) is 3.11. The fourth-order valence-electron chi connectivity index (χ4n) is 2.01. The summed E-state index contributed by atoms with van der Waals surface area (Å²) >= 11 is 0. The summed E-state index contributed by atoms with van der Waals surface area (Å²) < 4.78 is 0. The molecule has 1 aromatic rings. The van der Waals surface area contributed by atoms with Gasteiger partial charge >= 0.3 is 0 Å². The molecule has 16 heavy (non-hydrogen) atoms. The number of aliphatic hydroxyl groups excluding tert-OH is 1. The highest BCUT2D eigenvalue weighted by Gasteiger charge is 2.35. The zero-order chi connectivity index (χ0) is 11.8. The van der Waals surface area contributed by atoms with E-state index in [1.807, 2.05) is 37.3 Å². The van der Waals surface area contributed by atoms with Crippen molar-refractivity contribution in [2.45, 2.75) is 25.6 Å². The Balaban J connectivity index is 2.53. The van der Waals surface area contributed by atoms with Crippen molar-refractivity contribution in [3.8, 4) is 0 Å². The maximum Gasteiger partial charge on any atom is 0.117 e. The van der Waals surface area contributed by atoms with Crippen molar-refractivity contribution in [3.05, 3.63) is 53.6 Å². The Morgan fingerprint density at radius 2 is 1.94 bits per heavy atom. The third-order valence-electron chi connectivity index (χ3n) is 3.11. The van der Waals surface area contributed by atoms with Crippen LogP contribution in [0.4, 0.5) is 0 Å². The van der Waals surface area contributed by atoms with Gasteiger partial charge in [-0.25, -0.2) is 0 Å². The summed E-state index contributed by atoms with van der Waals surface area (Å²) in [7, 11) is 0. The van der Waals surface area contributed by atoms with Crippen molar-refractivity contribution < 1.29 is 10.2 Å². The van der Waals surface area contributed by atoms with Crippen molar-refractivity contribution in [2.75, 3.05) is 0 Å². The highest BCUT2D eigenvalue weighted by molar-refractivity contribution is 5.77. The average molecular weight is 216 g/mol. The van der Waals surface area contributed by atoms with Crippen molar-refractivity contribution in [3.63, 3.8) is 0 Å². The summed E-state index contributed by atoms with van der Waals surface area (Å²) in [4.78, 5) is 0. The molecule has 0 amide bonds. The van der Waals surface area contributed by atoms with Gasteiger partial charge in [0.1, 0.15) is 11.7 Å². The number of hydrogen-bond acceptors (Lipinski definition) is 2. The minimum Gasteiger partial charge on any atom is -0.386 e. The summed E-state index contributed by atoms with van der Waals surface area (Å²) in [6, 6.07) is 7.85. The minimum atomic E-state index is -1.22. The van der Waals surface area contributed by atoms with Crippen LogP contribution in [0.25, 0.3) is 5.57 Å². The van der Waals surface area contributed by atoms with Gasteiger partial charge in [0.15, 0.2) is 0 Å². The molecule has 2 nitrogen and oxygen atoms in total. The molecule has 0 radical (unpaired) electrons. The van der Waals surface area contributed by atoms with Gasteiger partial charge in [0.05, 0.1) is 0 Å². The van der Waals surface area contributed by atoms with Crippen LogP contribution in [0.1, 0.15) is 18.1 Å². The zero-order valence-corrected chi connectivity index (χ0v) is 9.51. The minimum absolute atomic E-state index is 0.764. The van der Waals surface area contributed by atoms with Gasteiger partial charge in [0.2, 0.25) is 0 Å². The molecule has 2 rings (SSSR count). The smallest absolute Gasteiger partial charge is 0.117 e. The van der Waals surface area contributed by atoms with E-state index in [-0.39, 0.29) is 0 Å². The van der Waals surface area contributed by atoms with Gasteiger partial charge < -0.3 is 10.2 Å². The van der Waals surface area contributed by atoms with Crippen LogP contribution < -0.4 is 0 Å². The van der Waals surface area contributed by atoms with Crippen molar-refractivity contribution >= 4 is 5.57 Å². The second-order valence-electron chi connectivity index (χ2n) is 4.37. The van der Waals surface area contributed by atoms with E-state index >= 15 is 0 Å². The lowest BCUT2D eigenvalue weighted by Crippen LogP contribution is -2.40. The van der Waals surface area contributed by atoms with Crippen LogP contribution in [0.15, 0.2) is 42.5 Å². The maximum atomic E-state index is 10.3. The zero-order valence-electron chi connectivity index (χ0n) is 9.51. The molecule has 1 aliphatic rings. The van der Waals surface area contributed by atoms with Gasteiger partial charge in [-0.3, -0.25) is 0 Å². The molecule has 2 atom stereocenters. The lowest BCUT2D eigenvalue weighted by atomic mass is 9.81. The van der Waals surface area contributed by atoms with Crippen LogP contribution in [-0.2, 0) is 0 Å². The summed E-state index contributed by atoms with van der Waals surface area (Å²) in [6.45, 7) is 3.64. The standard InChI is InChI=1S/C14H16O2/c1-10-6-3-4-7-11(10)12-8-5-9-13(15)14(12,2)16/h3-9,13,15-16H,1-2H3. The van der Waals surface area contributed by atoms with E-state index in [2.05, 4.69) is 0 Å². The number of aliphatic hydroxyl groups is 2. The topological polar surface area (TPSA) is 40.5 Å². The molecule has 1 aliphatic carbocycles. The Morgan fingerprint density at radius 3 is 2.62 bits per heavy atom. The quantitative estimate of drug-likeness (QED) is 0.754. The maximum absolute atomic E-state index is 10.3. The summed E-state index contributed by atoms with van der Waals surface area (Å²) in [5.41, 5.74) is 1.62. The van der Waals surface area contributed by atoms with Crippen LogP contribution in [0.2, 0.25) is 0 Å². The lowest BCUT2D eigenvalue weighted by molar-refractivity contribution is 0.00744. The lowest BCUT2D eigenvalue weighted by Gasteiger charge is -2.33. The Labute approximate surface area is 95.6 Å². The summed E-state index contributed by atoms with van der Waals surface area (Å²) in [5, 5.41) is 20.1. The molecular weight excluding hydrogens is 200 g/mol. The third kappa shape index (κ3) is 1.70. The van der Waals surface area contributed by atoms with Crippen molar-refractivity contribution in [2.24, 2.45) is 0 Å². The van der Waals surface area contributed by atoms with Crippen molar-refractivity contribution in [1.82, 2.24) is 0 Å². The molecule has 2 N–H and O–H groups in total. The first-order valence-corrected chi connectivity index (χ1v) is 5.39. The molecular formula is C14H16O2. The highest BCUT2D eigenvalue weighted by atomic mass is 16.3. The number of rotatable bonds is 1.